The SMILES string of the molecule is [C-]#[N+]c1ncnc2c1ncn2-c1cccc(C(C)(C)c2cccc(-n3cnc4c(C#N)ncnc43)n2)n1. The van der Waals surface area contributed by atoms with Crippen molar-refractivity contribution in [2.45, 2.75) is 19.3 Å². The number of nitriles is 1. The summed E-state index contributed by atoms with van der Waals surface area (Å²) in [5.74, 6) is 1.41. The monoisotopic (exact) mass is 484 g/mol. The lowest BCUT2D eigenvalue weighted by Gasteiger charge is -2.24. The van der Waals surface area contributed by atoms with Crippen molar-refractivity contribution >= 4 is 28.1 Å². The summed E-state index contributed by atoms with van der Waals surface area (Å²) in [7, 11) is 0. The first kappa shape index (κ1) is 21.9. The van der Waals surface area contributed by atoms with Crippen LogP contribution in [0.15, 0.2) is 61.7 Å². The zero-order valence-electron chi connectivity index (χ0n) is 19.6. The van der Waals surface area contributed by atoms with Gasteiger partial charge in [-0.25, -0.2) is 29.9 Å². The van der Waals surface area contributed by atoms with E-state index < -0.39 is 5.41 Å². The van der Waals surface area contributed by atoms with Crippen molar-refractivity contribution in [3.05, 3.63) is 90.2 Å². The Morgan fingerprint density at radius 1 is 0.784 bits per heavy atom. The summed E-state index contributed by atoms with van der Waals surface area (Å²) in [5.41, 5.74) is 3.04. The molecule has 0 aromatic carbocycles. The second-order valence-electron chi connectivity index (χ2n) is 8.60. The van der Waals surface area contributed by atoms with Crippen molar-refractivity contribution in [2.24, 2.45) is 0 Å². The largest absolute Gasteiger partial charge is 0.359 e. The van der Waals surface area contributed by atoms with E-state index in [2.05, 4.69) is 34.7 Å². The van der Waals surface area contributed by atoms with Gasteiger partial charge in [-0.1, -0.05) is 18.7 Å². The summed E-state index contributed by atoms with van der Waals surface area (Å²) in [6.45, 7) is 11.4. The summed E-state index contributed by atoms with van der Waals surface area (Å²) in [4.78, 5) is 38.5. The molecule has 0 saturated heterocycles. The number of fused-ring (bicyclic) bond motifs is 2. The van der Waals surface area contributed by atoms with E-state index in [0.717, 1.165) is 11.4 Å². The highest BCUT2D eigenvalue weighted by molar-refractivity contribution is 5.84. The standard InChI is InChI=1S/C25H16N12/c1-25(2,16-6-4-8-18(34-16)36-13-32-20-15(10-26)28-11-30-23(20)36)17-7-5-9-19(35-17)37-14-33-21-22(27-3)29-12-31-24(21)37/h4-9,11-14H,1-2H3. The van der Waals surface area contributed by atoms with E-state index >= 15 is 0 Å². The van der Waals surface area contributed by atoms with Crippen LogP contribution in [-0.2, 0) is 5.41 Å². The Morgan fingerprint density at radius 2 is 1.35 bits per heavy atom. The molecule has 176 valence electrons. The van der Waals surface area contributed by atoms with E-state index in [1.165, 1.54) is 12.7 Å². The molecule has 0 atom stereocenters. The summed E-state index contributed by atoms with van der Waals surface area (Å²) < 4.78 is 3.47. The fourth-order valence-corrected chi connectivity index (χ4v) is 4.10. The van der Waals surface area contributed by atoms with Crippen LogP contribution in [0.1, 0.15) is 30.9 Å². The molecule has 0 amide bonds. The van der Waals surface area contributed by atoms with Crippen molar-refractivity contribution in [3.63, 3.8) is 0 Å². The highest BCUT2D eigenvalue weighted by atomic mass is 15.2. The average molecular weight is 484 g/mol. The van der Waals surface area contributed by atoms with Gasteiger partial charge in [-0.2, -0.15) is 10.2 Å². The first-order valence-electron chi connectivity index (χ1n) is 11.1. The number of imidazole rings is 2. The molecule has 6 heterocycles. The molecule has 6 rings (SSSR count). The third-order valence-corrected chi connectivity index (χ3v) is 6.10. The van der Waals surface area contributed by atoms with Crippen LogP contribution in [0.2, 0.25) is 0 Å². The fourth-order valence-electron chi connectivity index (χ4n) is 4.10. The van der Waals surface area contributed by atoms with Crippen LogP contribution < -0.4 is 0 Å². The van der Waals surface area contributed by atoms with Crippen LogP contribution in [0.25, 0.3) is 38.8 Å². The maximum atomic E-state index is 9.33. The lowest BCUT2D eigenvalue weighted by atomic mass is 9.84. The second-order valence-corrected chi connectivity index (χ2v) is 8.60. The highest BCUT2D eigenvalue weighted by Crippen LogP contribution is 2.31. The highest BCUT2D eigenvalue weighted by Gasteiger charge is 2.28. The Bertz CT molecular complexity index is 1760. The van der Waals surface area contributed by atoms with E-state index in [1.54, 1.807) is 21.8 Å². The molecule has 0 aliphatic rings. The molecule has 0 unspecified atom stereocenters. The molecular formula is C25H16N12. The smallest absolute Gasteiger partial charge is 0.300 e. The van der Waals surface area contributed by atoms with Crippen molar-refractivity contribution in [1.29, 1.82) is 5.26 Å². The fraction of sp³-hybridized carbons (Fsp3) is 0.120. The van der Waals surface area contributed by atoms with Gasteiger partial charge in [0.25, 0.3) is 0 Å². The topological polar surface area (TPSA) is 141 Å². The van der Waals surface area contributed by atoms with Gasteiger partial charge in [0.1, 0.15) is 47.7 Å². The number of hydrogen-bond donors (Lipinski definition) is 0. The van der Waals surface area contributed by atoms with Gasteiger partial charge < -0.3 is 4.85 Å². The molecule has 0 radical (unpaired) electrons. The Hall–Kier alpha value is -5.62. The molecule has 0 saturated carbocycles. The molecule has 0 spiro atoms. The van der Waals surface area contributed by atoms with Crippen LogP contribution >= 0.6 is 0 Å². The van der Waals surface area contributed by atoms with Crippen molar-refractivity contribution in [3.8, 4) is 17.7 Å². The minimum absolute atomic E-state index is 0.195. The first-order valence-corrected chi connectivity index (χ1v) is 11.1. The van der Waals surface area contributed by atoms with Crippen LogP contribution in [-0.4, -0.2) is 49.0 Å². The van der Waals surface area contributed by atoms with Crippen LogP contribution in [0.4, 0.5) is 5.82 Å². The molecule has 0 fully saturated rings. The van der Waals surface area contributed by atoms with Crippen LogP contribution in [0, 0.1) is 17.9 Å². The van der Waals surface area contributed by atoms with E-state index in [4.69, 9.17) is 16.5 Å². The lowest BCUT2D eigenvalue weighted by Crippen LogP contribution is -2.23. The average Bonchev–Trinajstić information content (AvgIpc) is 3.58. The quantitative estimate of drug-likeness (QED) is 0.344. The number of pyridine rings is 2. The molecule has 6 aromatic rings. The van der Waals surface area contributed by atoms with Gasteiger partial charge in [-0.3, -0.25) is 9.13 Å². The van der Waals surface area contributed by atoms with Gasteiger partial charge in [0, 0.05) is 5.41 Å². The molecule has 12 nitrogen and oxygen atoms in total. The molecule has 0 N–H and O–H groups in total. The number of rotatable bonds is 4. The van der Waals surface area contributed by atoms with Gasteiger partial charge in [0.05, 0.1) is 11.4 Å². The maximum absolute atomic E-state index is 9.33. The first-order chi connectivity index (χ1) is 18.0. The summed E-state index contributed by atoms with van der Waals surface area (Å²) in [6, 6.07) is 13.5. The molecular weight excluding hydrogens is 468 g/mol. The second kappa shape index (κ2) is 8.25. The summed E-state index contributed by atoms with van der Waals surface area (Å²) in [5, 5.41) is 9.33. The normalized spacial score (nSPS) is 11.5. The Balaban J connectivity index is 1.42. The van der Waals surface area contributed by atoms with Crippen molar-refractivity contribution in [2.75, 3.05) is 0 Å². The van der Waals surface area contributed by atoms with Gasteiger partial charge in [-0.15, -0.1) is 4.98 Å². The minimum Gasteiger partial charge on any atom is -0.359 e. The van der Waals surface area contributed by atoms with Crippen molar-refractivity contribution < 1.29 is 0 Å². The van der Waals surface area contributed by atoms with Gasteiger partial charge in [0.2, 0.25) is 6.33 Å². The predicted molar refractivity (Wildman–Crippen MR) is 132 cm³/mol. The molecule has 6 aromatic heterocycles. The predicted octanol–water partition coefficient (Wildman–Crippen LogP) is 3.48. The zero-order chi connectivity index (χ0) is 25.6. The lowest BCUT2D eigenvalue weighted by molar-refractivity contribution is 0.591. The van der Waals surface area contributed by atoms with Gasteiger partial charge >= 0.3 is 5.82 Å². The number of nitrogens with zero attached hydrogens (tertiary/aromatic N) is 12. The number of hydrogen-bond acceptors (Lipinski definition) is 9. The van der Waals surface area contributed by atoms with E-state index in [1.807, 2.05) is 56.3 Å². The zero-order valence-corrected chi connectivity index (χ0v) is 19.6. The molecule has 37 heavy (non-hydrogen) atoms. The minimum atomic E-state index is -0.581. The Labute approximate surface area is 209 Å². The van der Waals surface area contributed by atoms with Crippen LogP contribution in [0.3, 0.4) is 0 Å². The Morgan fingerprint density at radius 3 is 1.95 bits per heavy atom. The maximum Gasteiger partial charge on any atom is 0.300 e. The summed E-state index contributed by atoms with van der Waals surface area (Å²) in [6.07, 6.45) is 5.87. The molecule has 0 bridgehead atoms. The summed E-state index contributed by atoms with van der Waals surface area (Å²) >= 11 is 0. The third-order valence-electron chi connectivity index (χ3n) is 6.10. The third kappa shape index (κ3) is 3.44. The van der Waals surface area contributed by atoms with E-state index in [0.29, 0.717) is 34.0 Å². The number of aromatic nitrogens is 10. The van der Waals surface area contributed by atoms with E-state index in [-0.39, 0.29) is 11.5 Å². The van der Waals surface area contributed by atoms with Crippen molar-refractivity contribution in [1.82, 2.24) is 49.0 Å². The molecule has 12 heteroatoms. The van der Waals surface area contributed by atoms with Gasteiger partial charge in [0.15, 0.2) is 17.0 Å². The van der Waals surface area contributed by atoms with E-state index in [9.17, 15) is 5.26 Å². The van der Waals surface area contributed by atoms with Crippen LogP contribution in [0.5, 0.6) is 0 Å². The van der Waals surface area contributed by atoms with Gasteiger partial charge in [-0.05, 0) is 38.1 Å². The molecule has 0 aliphatic heterocycles. The molecule has 0 aliphatic carbocycles. The Kier molecular flexibility index (Phi) is 4.88.